The maximum Gasteiger partial charge on any atom is 0.416 e. The van der Waals surface area contributed by atoms with E-state index in [1.807, 2.05) is 0 Å². The van der Waals surface area contributed by atoms with E-state index in [-0.39, 0.29) is 23.8 Å². The molecule has 170 valence electrons. The summed E-state index contributed by atoms with van der Waals surface area (Å²) < 4.78 is 60.2. The van der Waals surface area contributed by atoms with Gasteiger partial charge in [-0.25, -0.2) is 4.39 Å². The summed E-state index contributed by atoms with van der Waals surface area (Å²) in [7, 11) is 0. The highest BCUT2D eigenvalue weighted by molar-refractivity contribution is 7.10. The quantitative estimate of drug-likeness (QED) is 0.235. The number of aliphatic hydroxyl groups is 1. The van der Waals surface area contributed by atoms with Crippen LogP contribution in [0.5, 0.6) is 11.5 Å². The highest BCUT2D eigenvalue weighted by atomic mass is 32.1. The molecule has 3 rings (SSSR count). The number of alkyl halides is 3. The summed E-state index contributed by atoms with van der Waals surface area (Å²) in [6.45, 7) is 1.39. The Hall–Kier alpha value is -3.38. The van der Waals surface area contributed by atoms with E-state index in [1.165, 1.54) is 24.3 Å². The van der Waals surface area contributed by atoms with Gasteiger partial charge in [0.25, 0.3) is 5.56 Å². The van der Waals surface area contributed by atoms with Crippen LogP contribution in [0.3, 0.4) is 0 Å². The number of aromatic nitrogens is 1. The Morgan fingerprint density at radius 1 is 1.28 bits per heavy atom. The number of nitrogens with one attached hydrogen (secondary N) is 2. The molecule has 0 saturated carbocycles. The number of H-pyrrole nitrogens is 1. The lowest BCUT2D eigenvalue weighted by Gasteiger charge is -2.12. The summed E-state index contributed by atoms with van der Waals surface area (Å²) in [5.41, 5.74) is 5.02. The van der Waals surface area contributed by atoms with E-state index in [4.69, 9.17) is 15.6 Å². The van der Waals surface area contributed by atoms with Crippen LogP contribution in [0.2, 0.25) is 0 Å². The molecule has 0 fully saturated rings. The Kier molecular flexibility index (Phi) is 6.84. The second kappa shape index (κ2) is 9.40. The molecule has 32 heavy (non-hydrogen) atoms. The van der Waals surface area contributed by atoms with E-state index in [1.54, 1.807) is 6.92 Å². The minimum atomic E-state index is -4.63. The molecule has 0 amide bonds. The van der Waals surface area contributed by atoms with Gasteiger partial charge in [0.2, 0.25) is 0 Å². The van der Waals surface area contributed by atoms with Crippen molar-refractivity contribution in [2.45, 2.75) is 19.1 Å². The van der Waals surface area contributed by atoms with Crippen LogP contribution in [0.15, 0.2) is 52.3 Å². The molecule has 1 unspecified atom stereocenters. The molecule has 1 heterocycles. The van der Waals surface area contributed by atoms with E-state index >= 15 is 0 Å². The molecular weight excluding hydrogens is 452 g/mol. The summed E-state index contributed by atoms with van der Waals surface area (Å²) in [4.78, 5) is 16.1. The molecule has 1 aromatic heterocycles. The summed E-state index contributed by atoms with van der Waals surface area (Å²) in [6, 6.07) is 7.30. The molecule has 0 saturated heterocycles. The fraction of sp³-hybridized carbons (Fsp3) is 0.200. The molecule has 0 radical (unpaired) electrons. The van der Waals surface area contributed by atoms with Crippen LogP contribution in [0.4, 0.5) is 28.3 Å². The van der Waals surface area contributed by atoms with Crippen LogP contribution in [-0.2, 0) is 6.18 Å². The number of benzene rings is 2. The average molecular weight is 470 g/mol. The van der Waals surface area contributed by atoms with Crippen molar-refractivity contribution in [1.82, 2.24) is 4.37 Å². The van der Waals surface area contributed by atoms with Crippen molar-refractivity contribution < 1.29 is 27.4 Å². The van der Waals surface area contributed by atoms with E-state index in [9.17, 15) is 22.4 Å². The van der Waals surface area contributed by atoms with Crippen molar-refractivity contribution in [3.8, 4) is 11.5 Å². The Morgan fingerprint density at radius 3 is 2.59 bits per heavy atom. The molecule has 0 aliphatic carbocycles. The number of anilines is 2. The summed E-state index contributed by atoms with van der Waals surface area (Å²) >= 11 is 0.987. The maximum absolute atomic E-state index is 13.9. The standard InChI is InChI=1S/C20H18F4N4O3S/c1-10(9-29)26-17(25)16-18(30)28-32-19(16)27-12-3-5-13(6-4-12)31-15-8-11(20(22,23)24)2-7-14(15)21/h2-8,10,27,29H,9H2,1H3,(H2,25,26)(H,28,30). The van der Waals surface area contributed by atoms with Gasteiger partial charge in [-0.1, -0.05) is 0 Å². The SMILES string of the molecule is CC(CO)N=C(N)c1c(Nc2ccc(Oc3cc(C(F)(F)F)ccc3F)cc2)s[nH]c1=O. The summed E-state index contributed by atoms with van der Waals surface area (Å²) in [5, 5.41) is 12.5. The zero-order valence-electron chi connectivity index (χ0n) is 16.5. The molecular formula is C20H18F4N4O3S. The molecule has 2 aromatic carbocycles. The highest BCUT2D eigenvalue weighted by Gasteiger charge is 2.31. The van der Waals surface area contributed by atoms with Crippen LogP contribution >= 0.6 is 11.5 Å². The van der Waals surface area contributed by atoms with Gasteiger partial charge in [0.15, 0.2) is 11.6 Å². The van der Waals surface area contributed by atoms with Crippen molar-refractivity contribution in [3.63, 3.8) is 0 Å². The minimum Gasteiger partial charge on any atom is -0.454 e. The van der Waals surface area contributed by atoms with Crippen molar-refractivity contribution >= 4 is 28.1 Å². The smallest absolute Gasteiger partial charge is 0.416 e. The minimum absolute atomic E-state index is 0.0449. The first-order valence-corrected chi connectivity index (χ1v) is 9.97. The van der Waals surface area contributed by atoms with Gasteiger partial charge < -0.3 is 20.9 Å². The van der Waals surface area contributed by atoms with E-state index in [0.29, 0.717) is 28.9 Å². The number of rotatable bonds is 7. The largest absolute Gasteiger partial charge is 0.454 e. The van der Waals surface area contributed by atoms with Gasteiger partial charge in [0.1, 0.15) is 22.1 Å². The van der Waals surface area contributed by atoms with Crippen molar-refractivity contribution in [1.29, 1.82) is 0 Å². The van der Waals surface area contributed by atoms with E-state index < -0.39 is 34.9 Å². The monoisotopic (exact) mass is 470 g/mol. The second-order valence-corrected chi connectivity index (χ2v) is 7.49. The van der Waals surface area contributed by atoms with Gasteiger partial charge in [0, 0.05) is 5.69 Å². The predicted molar refractivity (Wildman–Crippen MR) is 113 cm³/mol. The Bertz CT molecular complexity index is 1170. The van der Waals surface area contributed by atoms with E-state index in [0.717, 1.165) is 11.5 Å². The molecule has 0 spiro atoms. The first kappa shape index (κ1) is 23.3. The number of ether oxygens (including phenoxy) is 1. The van der Waals surface area contributed by atoms with Crippen molar-refractivity contribution in [2.75, 3.05) is 11.9 Å². The molecule has 1 atom stereocenters. The third kappa shape index (κ3) is 5.45. The fourth-order valence-electron chi connectivity index (χ4n) is 2.59. The lowest BCUT2D eigenvalue weighted by atomic mass is 10.2. The van der Waals surface area contributed by atoms with Gasteiger partial charge in [-0.05, 0) is 60.9 Å². The van der Waals surface area contributed by atoms with Crippen LogP contribution < -0.4 is 21.3 Å². The first-order valence-electron chi connectivity index (χ1n) is 9.16. The van der Waals surface area contributed by atoms with Crippen molar-refractivity contribution in [2.24, 2.45) is 10.7 Å². The average Bonchev–Trinajstić information content (AvgIpc) is 3.10. The van der Waals surface area contributed by atoms with Crippen molar-refractivity contribution in [3.05, 3.63) is 69.8 Å². The van der Waals surface area contributed by atoms with Gasteiger partial charge in [-0.15, -0.1) is 0 Å². The molecule has 7 nitrogen and oxygen atoms in total. The topological polar surface area (TPSA) is 113 Å². The molecule has 0 aliphatic rings. The summed E-state index contributed by atoms with van der Waals surface area (Å²) in [5.74, 6) is -1.44. The Labute approximate surface area is 183 Å². The number of nitrogens with two attached hydrogens (primary N) is 1. The van der Waals surface area contributed by atoms with Crippen LogP contribution in [0.25, 0.3) is 0 Å². The number of aliphatic imine (C=N–C) groups is 1. The second-order valence-electron chi connectivity index (χ2n) is 6.68. The zero-order valence-corrected chi connectivity index (χ0v) is 17.4. The number of nitrogens with zero attached hydrogens (tertiary/aromatic N) is 1. The highest BCUT2D eigenvalue weighted by Crippen LogP contribution is 2.34. The molecule has 3 aromatic rings. The number of halogens is 4. The molecule has 0 aliphatic heterocycles. The normalized spacial score (nSPS) is 13.1. The number of aliphatic hydroxyl groups excluding tert-OH is 1. The van der Waals surface area contributed by atoms with E-state index in [2.05, 4.69) is 14.7 Å². The maximum atomic E-state index is 13.9. The Morgan fingerprint density at radius 2 is 1.97 bits per heavy atom. The van der Waals surface area contributed by atoms with Crippen LogP contribution in [0.1, 0.15) is 18.1 Å². The lowest BCUT2D eigenvalue weighted by molar-refractivity contribution is -0.137. The zero-order chi connectivity index (χ0) is 23.5. The molecule has 0 bridgehead atoms. The lowest BCUT2D eigenvalue weighted by Crippen LogP contribution is -2.24. The van der Waals surface area contributed by atoms with Gasteiger partial charge in [0.05, 0.1) is 18.2 Å². The van der Waals surface area contributed by atoms with Crippen LogP contribution in [-0.4, -0.2) is 28.0 Å². The van der Waals surface area contributed by atoms with Gasteiger partial charge >= 0.3 is 6.18 Å². The third-order valence-electron chi connectivity index (χ3n) is 4.18. The van der Waals surface area contributed by atoms with Gasteiger partial charge in [-0.2, -0.15) is 13.2 Å². The first-order chi connectivity index (χ1) is 15.1. The molecule has 5 N–H and O–H groups in total. The fourth-order valence-corrected chi connectivity index (χ4v) is 3.35. The number of amidine groups is 1. The summed E-state index contributed by atoms with van der Waals surface area (Å²) in [6.07, 6.45) is -4.63. The number of hydrogen-bond acceptors (Lipinski definition) is 6. The number of aromatic amines is 1. The Balaban J connectivity index is 1.79. The van der Waals surface area contributed by atoms with Crippen LogP contribution in [0, 0.1) is 5.82 Å². The number of hydrogen-bond donors (Lipinski definition) is 4. The molecule has 12 heteroatoms. The van der Waals surface area contributed by atoms with Gasteiger partial charge in [-0.3, -0.25) is 14.2 Å². The predicted octanol–water partition coefficient (Wildman–Crippen LogP) is 4.22. The third-order valence-corrected chi connectivity index (χ3v) is 4.98.